The van der Waals surface area contributed by atoms with Gasteiger partial charge in [0.05, 0.1) is 11.0 Å². The van der Waals surface area contributed by atoms with Crippen LogP contribution >= 0.6 is 0 Å². The summed E-state index contributed by atoms with van der Waals surface area (Å²) in [4.78, 5) is 9.36. The van der Waals surface area contributed by atoms with Crippen LogP contribution in [0.25, 0.3) is 21.8 Å². The molecule has 0 radical (unpaired) electrons. The van der Waals surface area contributed by atoms with Crippen LogP contribution in [0.2, 0.25) is 0 Å². The van der Waals surface area contributed by atoms with Gasteiger partial charge in [0.15, 0.2) is 0 Å². The number of aryl methyl sites for hydroxylation is 6. The Hall–Kier alpha value is -1.96. The maximum Gasteiger partial charge on any atom is 0.0970 e. The molecule has 3 rings (SSSR count). The van der Waals surface area contributed by atoms with Crippen LogP contribution in [0.1, 0.15) is 33.4 Å². The zero-order valence-corrected chi connectivity index (χ0v) is 13.0. The lowest BCUT2D eigenvalue weighted by atomic mass is 9.92. The summed E-state index contributed by atoms with van der Waals surface area (Å²) < 4.78 is 0. The molecule has 3 aromatic rings. The van der Waals surface area contributed by atoms with E-state index in [0.29, 0.717) is 0 Å². The van der Waals surface area contributed by atoms with Gasteiger partial charge in [0.2, 0.25) is 0 Å². The Bertz CT molecular complexity index is 788. The van der Waals surface area contributed by atoms with Gasteiger partial charge in [-0.2, -0.15) is 0 Å². The van der Waals surface area contributed by atoms with Crippen molar-refractivity contribution < 1.29 is 0 Å². The maximum absolute atomic E-state index is 4.68. The van der Waals surface area contributed by atoms with Gasteiger partial charge in [-0.3, -0.25) is 9.97 Å². The number of rotatable bonds is 0. The first kappa shape index (κ1) is 13.0. The van der Waals surface area contributed by atoms with E-state index in [1.54, 1.807) is 0 Å². The minimum absolute atomic E-state index is 1.04. The Kier molecular flexibility index (Phi) is 2.79. The van der Waals surface area contributed by atoms with E-state index in [9.17, 15) is 0 Å². The van der Waals surface area contributed by atoms with E-state index in [1.165, 1.54) is 44.2 Å². The highest BCUT2D eigenvalue weighted by molar-refractivity contribution is 6.08. The molecule has 0 N–H and O–H groups in total. The zero-order valence-electron chi connectivity index (χ0n) is 13.0. The second-order valence-electron chi connectivity index (χ2n) is 5.83. The first-order valence-corrected chi connectivity index (χ1v) is 7.04. The van der Waals surface area contributed by atoms with Crippen LogP contribution in [0, 0.1) is 41.5 Å². The second kappa shape index (κ2) is 4.27. The Morgan fingerprint density at radius 2 is 0.900 bits per heavy atom. The van der Waals surface area contributed by atoms with Crippen molar-refractivity contribution in [3.63, 3.8) is 0 Å². The minimum Gasteiger partial charge on any atom is -0.254 e. The molecule has 2 heteroatoms. The molecule has 2 aromatic heterocycles. The number of fused-ring (bicyclic) bond motifs is 3. The quantitative estimate of drug-likeness (QED) is 0.553. The molecule has 0 saturated carbocycles. The normalized spacial score (nSPS) is 11.5. The number of hydrogen-bond acceptors (Lipinski definition) is 2. The molecule has 0 spiro atoms. The maximum atomic E-state index is 4.68. The zero-order chi connectivity index (χ0) is 14.6. The number of hydrogen-bond donors (Lipinski definition) is 0. The number of nitrogens with zero attached hydrogens (tertiary/aromatic N) is 2. The summed E-state index contributed by atoms with van der Waals surface area (Å²) in [5, 5.41) is 2.54. The molecule has 0 fully saturated rings. The fourth-order valence-corrected chi connectivity index (χ4v) is 3.05. The van der Waals surface area contributed by atoms with Crippen molar-refractivity contribution >= 4 is 21.8 Å². The Balaban J connectivity index is 2.70. The summed E-state index contributed by atoms with van der Waals surface area (Å²) in [6.07, 6.45) is 3.92. The van der Waals surface area contributed by atoms with Gasteiger partial charge < -0.3 is 0 Å². The number of aromatic nitrogens is 2. The molecule has 1 aromatic carbocycles. The van der Waals surface area contributed by atoms with E-state index < -0.39 is 0 Å². The van der Waals surface area contributed by atoms with Crippen molar-refractivity contribution in [3.05, 3.63) is 45.8 Å². The smallest absolute Gasteiger partial charge is 0.0970 e. The molecule has 0 aliphatic heterocycles. The van der Waals surface area contributed by atoms with Crippen LogP contribution < -0.4 is 0 Å². The molecule has 0 bridgehead atoms. The Morgan fingerprint density at radius 3 is 1.25 bits per heavy atom. The SMILES string of the molecule is Cc1cnc2c(c1C)c(C)c(C)c1c(C)c(C)cnc12. The van der Waals surface area contributed by atoms with Gasteiger partial charge in [-0.1, -0.05) is 0 Å². The summed E-state index contributed by atoms with van der Waals surface area (Å²) in [5.74, 6) is 0. The first-order valence-electron chi connectivity index (χ1n) is 7.04. The van der Waals surface area contributed by atoms with Crippen LogP contribution in [-0.4, -0.2) is 9.97 Å². The standard InChI is InChI=1S/C18H20N2/c1-9-7-19-17-15(11(9)3)13(5)14(6)16-12(4)10(2)8-20-18(16)17/h7-8H,1-6H3. The van der Waals surface area contributed by atoms with Gasteiger partial charge in [0.1, 0.15) is 0 Å². The van der Waals surface area contributed by atoms with Crippen LogP contribution in [0.3, 0.4) is 0 Å². The van der Waals surface area contributed by atoms with Gasteiger partial charge in [-0.25, -0.2) is 0 Å². The monoisotopic (exact) mass is 264 g/mol. The lowest BCUT2D eigenvalue weighted by Crippen LogP contribution is -1.99. The topological polar surface area (TPSA) is 25.8 Å². The highest BCUT2D eigenvalue weighted by atomic mass is 14.7. The van der Waals surface area contributed by atoms with E-state index in [4.69, 9.17) is 0 Å². The van der Waals surface area contributed by atoms with E-state index in [0.717, 1.165) is 11.0 Å². The average Bonchev–Trinajstić information content (AvgIpc) is 2.42. The highest BCUT2D eigenvalue weighted by Crippen LogP contribution is 2.34. The summed E-state index contributed by atoms with van der Waals surface area (Å²) in [5.41, 5.74) is 9.85. The first-order chi connectivity index (χ1) is 9.43. The summed E-state index contributed by atoms with van der Waals surface area (Å²) in [6, 6.07) is 0. The Morgan fingerprint density at radius 1 is 0.550 bits per heavy atom. The third-order valence-electron chi connectivity index (χ3n) is 4.72. The summed E-state index contributed by atoms with van der Waals surface area (Å²) >= 11 is 0. The molecular weight excluding hydrogens is 244 g/mol. The molecule has 0 amide bonds. The molecule has 102 valence electrons. The number of benzene rings is 1. The lowest BCUT2D eigenvalue weighted by molar-refractivity contribution is 1.23. The van der Waals surface area contributed by atoms with Crippen molar-refractivity contribution in [1.82, 2.24) is 9.97 Å². The molecule has 2 heterocycles. The van der Waals surface area contributed by atoms with Gasteiger partial charge in [0, 0.05) is 23.2 Å². The summed E-state index contributed by atoms with van der Waals surface area (Å²) in [7, 11) is 0. The van der Waals surface area contributed by atoms with Crippen LogP contribution in [0.4, 0.5) is 0 Å². The van der Waals surface area contributed by atoms with Crippen molar-refractivity contribution in [2.75, 3.05) is 0 Å². The summed E-state index contributed by atoms with van der Waals surface area (Å²) in [6.45, 7) is 13.0. The van der Waals surface area contributed by atoms with Crippen LogP contribution in [0.5, 0.6) is 0 Å². The fraction of sp³-hybridized carbons (Fsp3) is 0.333. The average molecular weight is 264 g/mol. The third kappa shape index (κ3) is 1.57. The van der Waals surface area contributed by atoms with Crippen LogP contribution in [-0.2, 0) is 0 Å². The second-order valence-corrected chi connectivity index (χ2v) is 5.83. The van der Waals surface area contributed by atoms with Crippen molar-refractivity contribution in [1.29, 1.82) is 0 Å². The molecular formula is C18H20N2. The van der Waals surface area contributed by atoms with E-state index in [-0.39, 0.29) is 0 Å². The van der Waals surface area contributed by atoms with E-state index >= 15 is 0 Å². The van der Waals surface area contributed by atoms with E-state index in [1.807, 2.05) is 12.4 Å². The molecule has 0 aliphatic rings. The van der Waals surface area contributed by atoms with Crippen molar-refractivity contribution in [2.45, 2.75) is 41.5 Å². The minimum atomic E-state index is 1.04. The molecule has 0 atom stereocenters. The largest absolute Gasteiger partial charge is 0.254 e. The van der Waals surface area contributed by atoms with Crippen LogP contribution in [0.15, 0.2) is 12.4 Å². The molecule has 0 aliphatic carbocycles. The van der Waals surface area contributed by atoms with Gasteiger partial charge in [0.25, 0.3) is 0 Å². The Labute approximate surface area is 119 Å². The van der Waals surface area contributed by atoms with E-state index in [2.05, 4.69) is 51.5 Å². The van der Waals surface area contributed by atoms with Gasteiger partial charge in [-0.05, 0) is 74.9 Å². The highest BCUT2D eigenvalue weighted by Gasteiger charge is 2.15. The fourth-order valence-electron chi connectivity index (χ4n) is 3.05. The predicted molar refractivity (Wildman–Crippen MR) is 85.5 cm³/mol. The van der Waals surface area contributed by atoms with Crippen molar-refractivity contribution in [2.24, 2.45) is 0 Å². The third-order valence-corrected chi connectivity index (χ3v) is 4.72. The lowest BCUT2D eigenvalue weighted by Gasteiger charge is -2.16. The number of pyridine rings is 2. The molecule has 20 heavy (non-hydrogen) atoms. The van der Waals surface area contributed by atoms with Crippen molar-refractivity contribution in [3.8, 4) is 0 Å². The molecule has 2 nitrogen and oxygen atoms in total. The van der Waals surface area contributed by atoms with Gasteiger partial charge in [-0.15, -0.1) is 0 Å². The van der Waals surface area contributed by atoms with Gasteiger partial charge >= 0.3 is 0 Å². The molecule has 0 saturated heterocycles. The molecule has 0 unspecified atom stereocenters. The predicted octanol–water partition coefficient (Wildman–Crippen LogP) is 4.63.